The molecule has 2 N–H and O–H groups in total. The van der Waals surface area contributed by atoms with Crippen LogP contribution in [0.4, 0.5) is 4.79 Å². The second kappa shape index (κ2) is 6.45. The van der Waals surface area contributed by atoms with Gasteiger partial charge in [0.05, 0.1) is 13.1 Å². The SMILES string of the molecule is CC(C)(C)OC(=O)CC1(C)NC(=O)N(CN2CCNCC2)C1=O. The van der Waals surface area contributed by atoms with E-state index in [9.17, 15) is 14.4 Å². The second-order valence-corrected chi connectivity index (χ2v) is 7.27. The van der Waals surface area contributed by atoms with E-state index >= 15 is 0 Å². The van der Waals surface area contributed by atoms with Crippen molar-refractivity contribution in [2.24, 2.45) is 0 Å². The minimum Gasteiger partial charge on any atom is -0.460 e. The Morgan fingerprint density at radius 3 is 2.43 bits per heavy atom. The van der Waals surface area contributed by atoms with E-state index in [0.717, 1.165) is 26.2 Å². The van der Waals surface area contributed by atoms with E-state index in [1.165, 1.54) is 4.90 Å². The molecule has 8 nitrogen and oxygen atoms in total. The fourth-order valence-corrected chi connectivity index (χ4v) is 2.71. The molecule has 23 heavy (non-hydrogen) atoms. The molecule has 1 atom stereocenters. The third kappa shape index (κ3) is 4.42. The Hall–Kier alpha value is -1.67. The van der Waals surface area contributed by atoms with E-state index in [0.29, 0.717) is 0 Å². The second-order valence-electron chi connectivity index (χ2n) is 7.27. The van der Waals surface area contributed by atoms with Gasteiger partial charge in [-0.05, 0) is 27.7 Å². The van der Waals surface area contributed by atoms with E-state index in [1.807, 2.05) is 4.90 Å². The van der Waals surface area contributed by atoms with Crippen molar-refractivity contribution in [2.75, 3.05) is 32.8 Å². The first-order valence-corrected chi connectivity index (χ1v) is 7.90. The number of carbonyl (C=O) groups is 3. The molecule has 0 bridgehead atoms. The van der Waals surface area contributed by atoms with Gasteiger partial charge in [0.1, 0.15) is 11.1 Å². The summed E-state index contributed by atoms with van der Waals surface area (Å²) in [7, 11) is 0. The molecule has 2 aliphatic rings. The van der Waals surface area contributed by atoms with Gasteiger partial charge in [-0.1, -0.05) is 0 Å². The van der Waals surface area contributed by atoms with Crippen LogP contribution in [0, 0.1) is 0 Å². The monoisotopic (exact) mass is 326 g/mol. The molecule has 2 rings (SSSR count). The smallest absolute Gasteiger partial charge is 0.326 e. The summed E-state index contributed by atoms with van der Waals surface area (Å²) in [6.45, 7) is 10.3. The average Bonchev–Trinajstić information content (AvgIpc) is 2.61. The lowest BCUT2D eigenvalue weighted by molar-refractivity contribution is -0.158. The molecule has 0 aromatic carbocycles. The van der Waals surface area contributed by atoms with Gasteiger partial charge in [0.25, 0.3) is 5.91 Å². The molecule has 130 valence electrons. The highest BCUT2D eigenvalue weighted by molar-refractivity contribution is 6.08. The van der Waals surface area contributed by atoms with Gasteiger partial charge in [0, 0.05) is 26.2 Å². The van der Waals surface area contributed by atoms with E-state index < -0.39 is 23.1 Å². The maximum atomic E-state index is 12.6. The summed E-state index contributed by atoms with van der Waals surface area (Å²) in [5.74, 6) is -0.885. The highest BCUT2D eigenvalue weighted by Crippen LogP contribution is 2.23. The number of hydrogen-bond donors (Lipinski definition) is 2. The highest BCUT2D eigenvalue weighted by atomic mass is 16.6. The summed E-state index contributed by atoms with van der Waals surface area (Å²) in [6, 6.07) is -0.459. The van der Waals surface area contributed by atoms with Crippen molar-refractivity contribution < 1.29 is 19.1 Å². The molecular weight excluding hydrogens is 300 g/mol. The number of piperazine rings is 1. The zero-order valence-electron chi connectivity index (χ0n) is 14.3. The summed E-state index contributed by atoms with van der Waals surface area (Å²) >= 11 is 0. The Balaban J connectivity index is 1.99. The number of imide groups is 1. The van der Waals surface area contributed by atoms with Gasteiger partial charge in [-0.15, -0.1) is 0 Å². The van der Waals surface area contributed by atoms with Crippen LogP contribution in [0.15, 0.2) is 0 Å². The van der Waals surface area contributed by atoms with Crippen molar-refractivity contribution >= 4 is 17.9 Å². The van der Waals surface area contributed by atoms with E-state index in [-0.39, 0.29) is 19.0 Å². The normalized spacial score (nSPS) is 26.3. The first kappa shape index (κ1) is 17.7. The van der Waals surface area contributed by atoms with Crippen molar-refractivity contribution in [1.29, 1.82) is 0 Å². The molecule has 1 unspecified atom stereocenters. The van der Waals surface area contributed by atoms with Gasteiger partial charge < -0.3 is 15.4 Å². The summed E-state index contributed by atoms with van der Waals surface area (Å²) < 4.78 is 5.25. The number of amides is 3. The van der Waals surface area contributed by atoms with Crippen molar-refractivity contribution in [3.8, 4) is 0 Å². The van der Waals surface area contributed by atoms with Crippen molar-refractivity contribution in [3.63, 3.8) is 0 Å². The largest absolute Gasteiger partial charge is 0.460 e. The van der Waals surface area contributed by atoms with Crippen LogP contribution in [0.25, 0.3) is 0 Å². The Morgan fingerprint density at radius 1 is 1.26 bits per heavy atom. The Kier molecular flexibility index (Phi) is 4.95. The van der Waals surface area contributed by atoms with Gasteiger partial charge >= 0.3 is 12.0 Å². The van der Waals surface area contributed by atoms with Gasteiger partial charge in [0.15, 0.2) is 0 Å². The molecule has 0 aliphatic carbocycles. The molecule has 2 saturated heterocycles. The third-order valence-electron chi connectivity index (χ3n) is 3.81. The number of rotatable bonds is 4. The molecular formula is C15H26N4O4. The summed E-state index contributed by atoms with van der Waals surface area (Å²) in [5.41, 5.74) is -1.87. The van der Waals surface area contributed by atoms with Crippen LogP contribution >= 0.6 is 0 Å². The Bertz CT molecular complexity index is 496. The summed E-state index contributed by atoms with van der Waals surface area (Å²) in [5, 5.41) is 5.85. The van der Waals surface area contributed by atoms with Crippen molar-refractivity contribution in [3.05, 3.63) is 0 Å². The lowest BCUT2D eigenvalue weighted by atomic mass is 9.98. The van der Waals surface area contributed by atoms with Crippen molar-refractivity contribution in [1.82, 2.24) is 20.4 Å². The van der Waals surface area contributed by atoms with Crippen LogP contribution in [-0.4, -0.2) is 71.7 Å². The molecule has 8 heteroatoms. The van der Waals surface area contributed by atoms with Crippen LogP contribution in [-0.2, 0) is 14.3 Å². The maximum absolute atomic E-state index is 12.6. The quantitative estimate of drug-likeness (QED) is 0.553. The first-order chi connectivity index (χ1) is 10.6. The number of hydrogen-bond acceptors (Lipinski definition) is 6. The van der Waals surface area contributed by atoms with Crippen LogP contribution in [0.2, 0.25) is 0 Å². The van der Waals surface area contributed by atoms with Crippen LogP contribution < -0.4 is 10.6 Å². The van der Waals surface area contributed by atoms with E-state index in [1.54, 1.807) is 27.7 Å². The molecule has 2 fully saturated rings. The number of carbonyl (C=O) groups excluding carboxylic acids is 3. The Morgan fingerprint density at radius 2 is 1.87 bits per heavy atom. The minimum atomic E-state index is -1.24. The topological polar surface area (TPSA) is 91.0 Å². The molecule has 0 saturated carbocycles. The highest BCUT2D eigenvalue weighted by Gasteiger charge is 2.49. The van der Waals surface area contributed by atoms with E-state index in [4.69, 9.17) is 4.74 Å². The molecule has 0 spiro atoms. The number of esters is 1. The zero-order chi connectivity index (χ0) is 17.3. The number of nitrogens with zero attached hydrogens (tertiary/aromatic N) is 2. The molecule has 2 heterocycles. The lowest BCUT2D eigenvalue weighted by Crippen LogP contribution is -2.51. The third-order valence-corrected chi connectivity index (χ3v) is 3.81. The fourth-order valence-electron chi connectivity index (χ4n) is 2.71. The first-order valence-electron chi connectivity index (χ1n) is 7.90. The fraction of sp³-hybridized carbons (Fsp3) is 0.800. The molecule has 0 aromatic heterocycles. The molecule has 0 radical (unpaired) electrons. The number of nitrogens with one attached hydrogen (secondary N) is 2. The standard InChI is InChI=1S/C15H26N4O4/c1-14(2,3)23-11(20)9-15(4)12(21)19(13(22)17-15)10-18-7-5-16-6-8-18/h16H,5-10H2,1-4H3,(H,17,22). The average molecular weight is 326 g/mol. The van der Waals surface area contributed by atoms with Gasteiger partial charge in [0.2, 0.25) is 0 Å². The molecule has 2 aliphatic heterocycles. The Labute approximate surface area is 136 Å². The van der Waals surface area contributed by atoms with Gasteiger partial charge in [-0.25, -0.2) is 9.69 Å². The van der Waals surface area contributed by atoms with Crippen LogP contribution in [0.3, 0.4) is 0 Å². The van der Waals surface area contributed by atoms with E-state index in [2.05, 4.69) is 10.6 Å². The van der Waals surface area contributed by atoms with Crippen molar-refractivity contribution in [2.45, 2.75) is 45.3 Å². The predicted molar refractivity (Wildman–Crippen MR) is 83.6 cm³/mol. The molecule has 0 aromatic rings. The van der Waals surface area contributed by atoms with Crippen LogP contribution in [0.1, 0.15) is 34.1 Å². The van der Waals surface area contributed by atoms with Gasteiger partial charge in [-0.3, -0.25) is 14.5 Å². The minimum absolute atomic E-state index is 0.174. The predicted octanol–water partition coefficient (Wildman–Crippen LogP) is -0.109. The lowest BCUT2D eigenvalue weighted by Gasteiger charge is -2.30. The zero-order valence-corrected chi connectivity index (χ0v) is 14.3. The van der Waals surface area contributed by atoms with Crippen LogP contribution in [0.5, 0.6) is 0 Å². The maximum Gasteiger partial charge on any atom is 0.326 e. The number of ether oxygens (including phenoxy) is 1. The van der Waals surface area contributed by atoms with Gasteiger partial charge in [-0.2, -0.15) is 0 Å². The molecule has 3 amide bonds. The summed E-state index contributed by atoms with van der Waals surface area (Å²) in [6.07, 6.45) is -0.174. The summed E-state index contributed by atoms with van der Waals surface area (Å²) in [4.78, 5) is 40.0. The number of urea groups is 1.